The zero-order valence-corrected chi connectivity index (χ0v) is 16.0. The number of rotatable bonds is 4. The summed E-state index contributed by atoms with van der Waals surface area (Å²) >= 11 is 0. The molecule has 0 aliphatic carbocycles. The molecule has 1 unspecified atom stereocenters. The molecule has 0 spiro atoms. The molecular formula is C18H28N6O2. The molecule has 3 rings (SSSR count). The Morgan fingerprint density at radius 1 is 1.31 bits per heavy atom. The number of hydrogen-bond donors (Lipinski definition) is 1. The lowest BCUT2D eigenvalue weighted by atomic mass is 10.1. The molecule has 1 fully saturated rings. The number of hydrogen-bond acceptors (Lipinski definition) is 5. The Kier molecular flexibility index (Phi) is 5.04. The number of aromatic nitrogens is 4. The van der Waals surface area contributed by atoms with Crippen LogP contribution in [-0.4, -0.2) is 37.8 Å². The quantitative estimate of drug-likeness (QED) is 0.815. The maximum absolute atomic E-state index is 12.9. The SMILES string of the molecule is CCn1c(=O)n(C)c(=O)c2c1nc(N1CCCC(N)C1)n2CC=C(C)C. The number of allylic oxidation sites excluding steroid dienone is 2. The maximum Gasteiger partial charge on any atom is 0.332 e. The minimum absolute atomic E-state index is 0.0941. The Morgan fingerprint density at radius 2 is 2.04 bits per heavy atom. The van der Waals surface area contributed by atoms with Gasteiger partial charge in [-0.15, -0.1) is 0 Å². The van der Waals surface area contributed by atoms with Crippen LogP contribution in [0.4, 0.5) is 5.95 Å². The lowest BCUT2D eigenvalue weighted by molar-refractivity contribution is 0.495. The predicted molar refractivity (Wildman–Crippen MR) is 104 cm³/mol. The first-order chi connectivity index (χ1) is 12.3. The van der Waals surface area contributed by atoms with Gasteiger partial charge < -0.3 is 15.2 Å². The van der Waals surface area contributed by atoms with Crippen LogP contribution in [0.3, 0.4) is 0 Å². The minimum Gasteiger partial charge on any atom is -0.341 e. The van der Waals surface area contributed by atoms with Crippen LogP contribution >= 0.6 is 0 Å². The second kappa shape index (κ2) is 7.11. The number of aryl methyl sites for hydroxylation is 1. The van der Waals surface area contributed by atoms with Crippen LogP contribution in [0.15, 0.2) is 21.2 Å². The molecule has 3 heterocycles. The minimum atomic E-state index is -0.334. The van der Waals surface area contributed by atoms with E-state index in [1.807, 2.05) is 25.3 Å². The molecule has 0 radical (unpaired) electrons. The Hall–Kier alpha value is -2.35. The highest BCUT2D eigenvalue weighted by Gasteiger charge is 2.25. The molecule has 2 aromatic rings. The Balaban J connectivity index is 2.31. The predicted octanol–water partition coefficient (Wildman–Crippen LogP) is 0.810. The fourth-order valence-electron chi connectivity index (χ4n) is 3.51. The largest absolute Gasteiger partial charge is 0.341 e. The molecule has 0 amide bonds. The average molecular weight is 360 g/mol. The standard InChI is InChI=1S/C18H28N6O2/c1-5-23-15-14(16(25)21(4)18(23)26)24(10-8-12(2)3)17(20-15)22-9-6-7-13(19)11-22/h8,13H,5-7,9-11,19H2,1-4H3. The molecule has 8 nitrogen and oxygen atoms in total. The van der Waals surface area contributed by atoms with Gasteiger partial charge in [0.15, 0.2) is 11.2 Å². The topological polar surface area (TPSA) is 91.1 Å². The lowest BCUT2D eigenvalue weighted by Crippen LogP contribution is -2.44. The van der Waals surface area contributed by atoms with Crippen molar-refractivity contribution in [1.82, 2.24) is 18.7 Å². The molecule has 1 atom stereocenters. The first-order valence-electron chi connectivity index (χ1n) is 9.19. The van der Waals surface area contributed by atoms with Crippen LogP contribution in [0.2, 0.25) is 0 Å². The van der Waals surface area contributed by atoms with Gasteiger partial charge in [0.25, 0.3) is 5.56 Å². The van der Waals surface area contributed by atoms with Crippen molar-refractivity contribution in [3.8, 4) is 0 Å². The van der Waals surface area contributed by atoms with Crippen molar-refractivity contribution in [2.45, 2.75) is 52.7 Å². The molecule has 2 N–H and O–H groups in total. The number of imidazole rings is 1. The van der Waals surface area contributed by atoms with Crippen molar-refractivity contribution in [2.24, 2.45) is 12.8 Å². The molecule has 26 heavy (non-hydrogen) atoms. The third-order valence-electron chi connectivity index (χ3n) is 4.95. The van der Waals surface area contributed by atoms with Crippen LogP contribution in [0.25, 0.3) is 11.2 Å². The number of piperidine rings is 1. The molecule has 0 saturated carbocycles. The first kappa shape index (κ1) is 18.4. The summed E-state index contributed by atoms with van der Waals surface area (Å²) < 4.78 is 4.65. The van der Waals surface area contributed by atoms with E-state index < -0.39 is 0 Å². The highest BCUT2D eigenvalue weighted by Crippen LogP contribution is 2.23. The first-order valence-corrected chi connectivity index (χ1v) is 9.19. The van der Waals surface area contributed by atoms with E-state index >= 15 is 0 Å². The maximum atomic E-state index is 12.9. The molecule has 1 saturated heterocycles. The van der Waals surface area contributed by atoms with E-state index in [1.165, 1.54) is 7.05 Å². The average Bonchev–Trinajstić information content (AvgIpc) is 2.98. The summed E-state index contributed by atoms with van der Waals surface area (Å²) in [5.74, 6) is 0.720. The van der Waals surface area contributed by atoms with Crippen molar-refractivity contribution in [2.75, 3.05) is 18.0 Å². The zero-order chi connectivity index (χ0) is 19.0. The number of fused-ring (bicyclic) bond motifs is 1. The second-order valence-corrected chi connectivity index (χ2v) is 7.22. The number of anilines is 1. The van der Waals surface area contributed by atoms with Gasteiger partial charge in [-0.25, -0.2) is 4.79 Å². The van der Waals surface area contributed by atoms with Gasteiger partial charge >= 0.3 is 5.69 Å². The van der Waals surface area contributed by atoms with Crippen molar-refractivity contribution >= 4 is 17.1 Å². The summed E-state index contributed by atoms with van der Waals surface area (Å²) in [5, 5.41) is 0. The Morgan fingerprint density at radius 3 is 2.65 bits per heavy atom. The highest BCUT2D eigenvalue weighted by atomic mass is 16.2. The molecule has 0 bridgehead atoms. The molecule has 0 aromatic carbocycles. The monoisotopic (exact) mass is 360 g/mol. The molecular weight excluding hydrogens is 332 g/mol. The fourth-order valence-corrected chi connectivity index (χ4v) is 3.51. The second-order valence-electron chi connectivity index (χ2n) is 7.22. The normalized spacial score (nSPS) is 17.7. The van der Waals surface area contributed by atoms with Gasteiger partial charge in [0, 0.05) is 39.3 Å². The van der Waals surface area contributed by atoms with Crippen LogP contribution in [-0.2, 0) is 20.1 Å². The smallest absolute Gasteiger partial charge is 0.332 e. The molecule has 2 aromatic heterocycles. The van der Waals surface area contributed by atoms with Crippen LogP contribution in [0.1, 0.15) is 33.6 Å². The van der Waals surface area contributed by atoms with E-state index in [4.69, 9.17) is 10.7 Å². The van der Waals surface area contributed by atoms with Crippen LogP contribution < -0.4 is 21.9 Å². The summed E-state index contributed by atoms with van der Waals surface area (Å²) in [6, 6.07) is 0.0941. The Labute approximate surface area is 152 Å². The van der Waals surface area contributed by atoms with Crippen molar-refractivity contribution in [3.63, 3.8) is 0 Å². The van der Waals surface area contributed by atoms with Crippen molar-refractivity contribution in [3.05, 3.63) is 32.5 Å². The summed E-state index contributed by atoms with van der Waals surface area (Å²) in [6.45, 7) is 8.48. The third kappa shape index (κ3) is 3.09. The van der Waals surface area contributed by atoms with E-state index in [1.54, 1.807) is 4.57 Å². The Bertz CT molecular complexity index is 961. The highest BCUT2D eigenvalue weighted by molar-refractivity contribution is 5.74. The van der Waals surface area contributed by atoms with Gasteiger partial charge in [-0.1, -0.05) is 11.6 Å². The van der Waals surface area contributed by atoms with E-state index in [-0.39, 0.29) is 17.3 Å². The van der Waals surface area contributed by atoms with Gasteiger partial charge in [-0.05, 0) is 33.6 Å². The van der Waals surface area contributed by atoms with Crippen molar-refractivity contribution in [1.29, 1.82) is 0 Å². The van der Waals surface area contributed by atoms with E-state index in [2.05, 4.69) is 11.0 Å². The van der Waals surface area contributed by atoms with Crippen molar-refractivity contribution < 1.29 is 0 Å². The van der Waals surface area contributed by atoms with Gasteiger partial charge in [-0.3, -0.25) is 13.9 Å². The van der Waals surface area contributed by atoms with Gasteiger partial charge in [0.05, 0.1) is 0 Å². The van der Waals surface area contributed by atoms with Gasteiger partial charge in [-0.2, -0.15) is 4.98 Å². The molecule has 1 aliphatic heterocycles. The third-order valence-corrected chi connectivity index (χ3v) is 4.95. The molecule has 1 aliphatic rings. The summed E-state index contributed by atoms with van der Waals surface area (Å²) in [4.78, 5) is 32.2. The fraction of sp³-hybridized carbons (Fsp3) is 0.611. The van der Waals surface area contributed by atoms with E-state index in [0.29, 0.717) is 30.8 Å². The summed E-state index contributed by atoms with van der Waals surface area (Å²) in [7, 11) is 1.52. The van der Waals surface area contributed by atoms with E-state index in [9.17, 15) is 9.59 Å². The zero-order valence-electron chi connectivity index (χ0n) is 16.0. The number of nitrogens with two attached hydrogens (primary N) is 1. The summed E-state index contributed by atoms with van der Waals surface area (Å²) in [6.07, 6.45) is 4.05. The number of nitrogens with zero attached hydrogens (tertiary/aromatic N) is 5. The molecule has 8 heteroatoms. The summed E-state index contributed by atoms with van der Waals surface area (Å²) in [5.41, 5.74) is 7.60. The van der Waals surface area contributed by atoms with Crippen LogP contribution in [0, 0.1) is 0 Å². The van der Waals surface area contributed by atoms with Gasteiger partial charge in [0.1, 0.15) is 0 Å². The van der Waals surface area contributed by atoms with Crippen LogP contribution in [0.5, 0.6) is 0 Å². The van der Waals surface area contributed by atoms with Gasteiger partial charge in [0.2, 0.25) is 5.95 Å². The molecule has 142 valence electrons. The lowest BCUT2D eigenvalue weighted by Gasteiger charge is -2.31. The van der Waals surface area contributed by atoms with E-state index in [0.717, 1.165) is 35.5 Å².